The van der Waals surface area contributed by atoms with Crippen LogP contribution in [-0.4, -0.2) is 14.5 Å². The molecular formula is C12H9N3O. The molecule has 1 aromatic carbocycles. The van der Waals surface area contributed by atoms with E-state index in [9.17, 15) is 0 Å². The molecule has 0 radical (unpaired) electrons. The van der Waals surface area contributed by atoms with Crippen LogP contribution in [0.25, 0.3) is 17.3 Å². The molecule has 0 atom stereocenters. The van der Waals surface area contributed by atoms with Crippen LogP contribution in [0.4, 0.5) is 0 Å². The number of oxazole rings is 1. The van der Waals surface area contributed by atoms with Gasteiger partial charge in [0.05, 0.1) is 6.20 Å². The molecular weight excluding hydrogens is 202 g/mol. The summed E-state index contributed by atoms with van der Waals surface area (Å²) in [5.41, 5.74) is 1.02. The highest BCUT2D eigenvalue weighted by Crippen LogP contribution is 2.21. The molecule has 16 heavy (non-hydrogen) atoms. The summed E-state index contributed by atoms with van der Waals surface area (Å²) in [6, 6.07) is 10.4. The van der Waals surface area contributed by atoms with Crippen molar-refractivity contribution in [3.05, 3.63) is 55.2 Å². The van der Waals surface area contributed by atoms with Gasteiger partial charge < -0.3 is 4.42 Å². The Morgan fingerprint density at radius 3 is 2.75 bits per heavy atom. The van der Waals surface area contributed by atoms with E-state index in [4.69, 9.17) is 4.42 Å². The fraction of sp³-hybridized carbons (Fsp3) is 0. The maximum absolute atomic E-state index is 5.63. The van der Waals surface area contributed by atoms with Gasteiger partial charge in [-0.25, -0.2) is 9.97 Å². The Balaban J connectivity index is 2.00. The lowest BCUT2D eigenvalue weighted by atomic mass is 10.2. The van der Waals surface area contributed by atoms with E-state index in [1.54, 1.807) is 29.5 Å². The Morgan fingerprint density at radius 2 is 2.00 bits per heavy atom. The summed E-state index contributed by atoms with van der Waals surface area (Å²) in [5.74, 6) is 0.754. The largest absolute Gasteiger partial charge is 0.423 e. The van der Waals surface area contributed by atoms with Crippen LogP contribution in [-0.2, 0) is 0 Å². The minimum atomic E-state index is 0.524. The molecule has 4 heteroatoms. The number of rotatable bonds is 2. The van der Waals surface area contributed by atoms with Crippen molar-refractivity contribution in [2.75, 3.05) is 0 Å². The molecule has 0 saturated heterocycles. The van der Waals surface area contributed by atoms with Crippen molar-refractivity contribution in [3.8, 4) is 17.3 Å². The van der Waals surface area contributed by atoms with Gasteiger partial charge >= 0.3 is 6.01 Å². The van der Waals surface area contributed by atoms with Gasteiger partial charge in [-0.2, -0.15) is 0 Å². The van der Waals surface area contributed by atoms with Gasteiger partial charge in [0, 0.05) is 18.0 Å². The molecule has 0 bridgehead atoms. The highest BCUT2D eigenvalue weighted by atomic mass is 16.4. The van der Waals surface area contributed by atoms with E-state index in [2.05, 4.69) is 9.97 Å². The summed E-state index contributed by atoms with van der Waals surface area (Å²) >= 11 is 0. The molecule has 0 spiro atoms. The summed E-state index contributed by atoms with van der Waals surface area (Å²) in [6.45, 7) is 0. The standard InChI is InChI=1S/C12H9N3O/c1-2-4-10(5-3-1)11-8-14-12(16-11)15-7-6-13-9-15/h1-9H. The predicted molar refractivity (Wildman–Crippen MR) is 59.1 cm³/mol. The van der Waals surface area contributed by atoms with Crippen molar-refractivity contribution in [2.45, 2.75) is 0 Å². The summed E-state index contributed by atoms with van der Waals surface area (Å²) in [4.78, 5) is 8.13. The summed E-state index contributed by atoms with van der Waals surface area (Å²) in [6.07, 6.45) is 6.85. The van der Waals surface area contributed by atoms with Crippen LogP contribution in [0.1, 0.15) is 0 Å². The number of aromatic nitrogens is 3. The van der Waals surface area contributed by atoms with Gasteiger partial charge in [0.15, 0.2) is 5.76 Å². The second kappa shape index (κ2) is 3.66. The minimum Gasteiger partial charge on any atom is -0.423 e. The van der Waals surface area contributed by atoms with Crippen LogP contribution in [0, 0.1) is 0 Å². The number of imidazole rings is 1. The molecule has 0 saturated carbocycles. The SMILES string of the molecule is c1ccc(-c2cnc(-n3ccnc3)o2)cc1. The first-order valence-corrected chi connectivity index (χ1v) is 4.93. The van der Waals surface area contributed by atoms with Crippen molar-refractivity contribution in [1.29, 1.82) is 0 Å². The zero-order valence-electron chi connectivity index (χ0n) is 8.45. The summed E-state index contributed by atoms with van der Waals surface area (Å²) in [5, 5.41) is 0. The second-order valence-electron chi connectivity index (χ2n) is 3.34. The average Bonchev–Trinajstić information content (AvgIpc) is 3.01. The molecule has 0 N–H and O–H groups in total. The van der Waals surface area contributed by atoms with E-state index < -0.39 is 0 Å². The van der Waals surface area contributed by atoms with Crippen LogP contribution >= 0.6 is 0 Å². The van der Waals surface area contributed by atoms with Crippen LogP contribution in [0.15, 0.2) is 59.7 Å². The number of hydrogen-bond acceptors (Lipinski definition) is 3. The van der Waals surface area contributed by atoms with E-state index >= 15 is 0 Å². The average molecular weight is 211 g/mol. The fourth-order valence-corrected chi connectivity index (χ4v) is 1.49. The van der Waals surface area contributed by atoms with Gasteiger partial charge in [-0.3, -0.25) is 4.57 Å². The van der Waals surface area contributed by atoms with E-state index in [1.807, 2.05) is 30.3 Å². The quantitative estimate of drug-likeness (QED) is 0.654. The highest BCUT2D eigenvalue weighted by molar-refractivity contribution is 5.56. The van der Waals surface area contributed by atoms with E-state index in [0.717, 1.165) is 11.3 Å². The minimum absolute atomic E-state index is 0.524. The number of benzene rings is 1. The molecule has 0 unspecified atom stereocenters. The highest BCUT2D eigenvalue weighted by Gasteiger charge is 2.06. The molecule has 2 aromatic heterocycles. The summed E-state index contributed by atoms with van der Waals surface area (Å²) in [7, 11) is 0. The lowest BCUT2D eigenvalue weighted by Gasteiger charge is -1.95. The molecule has 78 valence electrons. The van der Waals surface area contributed by atoms with Crippen LogP contribution in [0.2, 0.25) is 0 Å². The fourth-order valence-electron chi connectivity index (χ4n) is 1.49. The van der Waals surface area contributed by atoms with Crippen molar-refractivity contribution in [2.24, 2.45) is 0 Å². The molecule has 0 aliphatic rings. The van der Waals surface area contributed by atoms with E-state index in [1.165, 1.54) is 0 Å². The molecule has 3 aromatic rings. The smallest absolute Gasteiger partial charge is 0.307 e. The van der Waals surface area contributed by atoms with Crippen molar-refractivity contribution in [3.63, 3.8) is 0 Å². The predicted octanol–water partition coefficient (Wildman–Crippen LogP) is 2.53. The first-order valence-electron chi connectivity index (χ1n) is 4.93. The molecule has 0 fully saturated rings. The Bertz CT molecular complexity index is 569. The molecule has 4 nitrogen and oxygen atoms in total. The van der Waals surface area contributed by atoms with Gasteiger partial charge in [-0.15, -0.1) is 0 Å². The van der Waals surface area contributed by atoms with Gasteiger partial charge in [-0.05, 0) is 0 Å². The van der Waals surface area contributed by atoms with Crippen molar-refractivity contribution >= 4 is 0 Å². The Labute approximate surface area is 92.2 Å². The van der Waals surface area contributed by atoms with Gasteiger partial charge in [-0.1, -0.05) is 30.3 Å². The second-order valence-corrected chi connectivity index (χ2v) is 3.34. The topological polar surface area (TPSA) is 43.9 Å². The zero-order valence-corrected chi connectivity index (χ0v) is 8.45. The molecule has 0 amide bonds. The zero-order chi connectivity index (χ0) is 10.8. The third-order valence-electron chi connectivity index (χ3n) is 2.28. The van der Waals surface area contributed by atoms with Gasteiger partial charge in [0.2, 0.25) is 0 Å². The van der Waals surface area contributed by atoms with E-state index in [-0.39, 0.29) is 0 Å². The van der Waals surface area contributed by atoms with Crippen molar-refractivity contribution in [1.82, 2.24) is 14.5 Å². The third kappa shape index (κ3) is 1.50. The first kappa shape index (κ1) is 8.91. The lowest BCUT2D eigenvalue weighted by Crippen LogP contribution is -1.87. The van der Waals surface area contributed by atoms with Crippen molar-refractivity contribution < 1.29 is 4.42 Å². The number of hydrogen-bond donors (Lipinski definition) is 0. The van der Waals surface area contributed by atoms with Gasteiger partial charge in [0.25, 0.3) is 0 Å². The third-order valence-corrected chi connectivity index (χ3v) is 2.28. The van der Waals surface area contributed by atoms with Crippen LogP contribution in [0.3, 0.4) is 0 Å². The van der Waals surface area contributed by atoms with E-state index in [0.29, 0.717) is 6.01 Å². The van der Waals surface area contributed by atoms with Crippen LogP contribution < -0.4 is 0 Å². The molecule has 2 heterocycles. The maximum Gasteiger partial charge on any atom is 0.307 e. The summed E-state index contributed by atoms with van der Waals surface area (Å²) < 4.78 is 7.35. The molecule has 0 aliphatic heterocycles. The Kier molecular flexibility index (Phi) is 2.04. The lowest BCUT2D eigenvalue weighted by molar-refractivity contribution is 0.539. The monoisotopic (exact) mass is 211 g/mol. The molecule has 3 rings (SSSR count). The maximum atomic E-state index is 5.63. The number of nitrogens with zero attached hydrogens (tertiary/aromatic N) is 3. The first-order chi connectivity index (χ1) is 7.93. The van der Waals surface area contributed by atoms with Crippen LogP contribution in [0.5, 0.6) is 0 Å². The molecule has 0 aliphatic carbocycles. The Hall–Kier alpha value is -2.36. The normalized spacial score (nSPS) is 10.5. The Morgan fingerprint density at radius 1 is 1.12 bits per heavy atom. The van der Waals surface area contributed by atoms with Gasteiger partial charge in [0.1, 0.15) is 6.33 Å².